The summed E-state index contributed by atoms with van der Waals surface area (Å²) in [5.41, 5.74) is 0. The van der Waals surface area contributed by atoms with E-state index in [9.17, 15) is 4.79 Å². The van der Waals surface area contributed by atoms with Crippen LogP contribution < -0.4 is 5.32 Å². The van der Waals surface area contributed by atoms with Gasteiger partial charge in [-0.3, -0.25) is 9.79 Å². The molecule has 1 aliphatic rings. The van der Waals surface area contributed by atoms with Crippen LogP contribution in [0.25, 0.3) is 0 Å². The normalized spacial score (nSPS) is 16.0. The zero-order valence-electron chi connectivity index (χ0n) is 15.4. The SMILES string of the molecule is CCOC(=O)C1CCN(C(=NC)NCCN(C)CCOC)CC1.I. The van der Waals surface area contributed by atoms with Crippen LogP contribution in [0.4, 0.5) is 0 Å². The van der Waals surface area contributed by atoms with Crippen molar-refractivity contribution in [1.82, 2.24) is 15.1 Å². The van der Waals surface area contributed by atoms with Crippen LogP contribution in [0.5, 0.6) is 0 Å². The lowest BCUT2D eigenvalue weighted by molar-refractivity contribution is -0.149. The predicted octanol–water partition coefficient (Wildman–Crippen LogP) is 1.03. The number of methoxy groups -OCH3 is 1. The van der Waals surface area contributed by atoms with Crippen LogP contribution in [0, 0.1) is 5.92 Å². The summed E-state index contributed by atoms with van der Waals surface area (Å²) in [6.45, 7) is 7.41. The molecule has 1 fully saturated rings. The van der Waals surface area contributed by atoms with Crippen LogP contribution in [0.2, 0.25) is 0 Å². The minimum Gasteiger partial charge on any atom is -0.466 e. The summed E-state index contributed by atoms with van der Waals surface area (Å²) in [5.74, 6) is 0.881. The number of nitrogens with one attached hydrogen (secondary N) is 1. The third-order valence-corrected chi connectivity index (χ3v) is 4.08. The second-order valence-electron chi connectivity index (χ2n) is 5.78. The number of ether oxygens (including phenoxy) is 2. The van der Waals surface area contributed by atoms with Gasteiger partial charge in [-0.05, 0) is 26.8 Å². The molecule has 142 valence electrons. The smallest absolute Gasteiger partial charge is 0.309 e. The van der Waals surface area contributed by atoms with E-state index in [1.807, 2.05) is 6.92 Å². The molecule has 0 unspecified atom stereocenters. The minimum atomic E-state index is -0.0603. The number of esters is 1. The molecule has 0 aromatic carbocycles. The summed E-state index contributed by atoms with van der Waals surface area (Å²) in [6.07, 6.45) is 1.65. The van der Waals surface area contributed by atoms with Gasteiger partial charge in [-0.2, -0.15) is 0 Å². The van der Waals surface area contributed by atoms with Crippen LogP contribution in [-0.2, 0) is 14.3 Å². The molecule has 0 aromatic rings. The zero-order valence-corrected chi connectivity index (χ0v) is 17.7. The molecule has 24 heavy (non-hydrogen) atoms. The van der Waals surface area contributed by atoms with E-state index in [-0.39, 0.29) is 35.9 Å². The van der Waals surface area contributed by atoms with Gasteiger partial charge in [0.05, 0.1) is 19.1 Å². The number of aliphatic imine (C=N–C) groups is 1. The Morgan fingerprint density at radius 2 is 2.00 bits per heavy atom. The number of halogens is 1. The van der Waals surface area contributed by atoms with Gasteiger partial charge in [0.15, 0.2) is 5.96 Å². The maximum atomic E-state index is 11.8. The average Bonchev–Trinajstić information content (AvgIpc) is 2.57. The van der Waals surface area contributed by atoms with Crippen LogP contribution in [0.15, 0.2) is 4.99 Å². The summed E-state index contributed by atoms with van der Waals surface area (Å²) in [6, 6.07) is 0. The Bertz CT molecular complexity index is 374. The number of hydrogen-bond acceptors (Lipinski definition) is 5. The fraction of sp³-hybridized carbons (Fsp3) is 0.875. The molecule has 0 radical (unpaired) electrons. The van der Waals surface area contributed by atoms with Crippen LogP contribution >= 0.6 is 24.0 Å². The number of carbonyl (C=O) groups excluding carboxylic acids is 1. The summed E-state index contributed by atoms with van der Waals surface area (Å²) in [4.78, 5) is 20.6. The number of rotatable bonds is 8. The molecule has 1 aliphatic heterocycles. The molecule has 0 atom stereocenters. The van der Waals surface area contributed by atoms with E-state index in [4.69, 9.17) is 9.47 Å². The van der Waals surface area contributed by atoms with Gasteiger partial charge in [-0.25, -0.2) is 0 Å². The third-order valence-electron chi connectivity index (χ3n) is 4.08. The van der Waals surface area contributed by atoms with E-state index in [1.54, 1.807) is 14.2 Å². The van der Waals surface area contributed by atoms with Crippen molar-refractivity contribution in [3.05, 3.63) is 0 Å². The van der Waals surface area contributed by atoms with E-state index < -0.39 is 0 Å². The fourth-order valence-corrected chi connectivity index (χ4v) is 2.64. The van der Waals surface area contributed by atoms with Crippen LogP contribution in [0.1, 0.15) is 19.8 Å². The van der Waals surface area contributed by atoms with Gasteiger partial charge in [0.2, 0.25) is 0 Å². The molecule has 0 spiro atoms. The van der Waals surface area contributed by atoms with Crippen molar-refractivity contribution in [2.24, 2.45) is 10.9 Å². The largest absolute Gasteiger partial charge is 0.466 e. The quantitative estimate of drug-likeness (QED) is 0.255. The monoisotopic (exact) mass is 456 g/mol. The fourth-order valence-electron chi connectivity index (χ4n) is 2.64. The molecule has 1 rings (SSSR count). The standard InChI is InChI=1S/C16H32N4O3.HI/c1-5-23-15(21)14-6-9-20(10-7-14)16(17-2)18-8-11-19(3)12-13-22-4;/h14H,5-13H2,1-4H3,(H,17,18);1H. The van der Waals surface area contributed by atoms with Gasteiger partial charge in [0.25, 0.3) is 0 Å². The van der Waals surface area contributed by atoms with Gasteiger partial charge < -0.3 is 24.6 Å². The number of likely N-dealkylation sites (tertiary alicyclic amines) is 1. The Morgan fingerprint density at radius 1 is 1.33 bits per heavy atom. The Morgan fingerprint density at radius 3 is 2.54 bits per heavy atom. The first-order valence-corrected chi connectivity index (χ1v) is 8.42. The van der Waals surface area contributed by atoms with E-state index in [0.29, 0.717) is 6.61 Å². The van der Waals surface area contributed by atoms with Crippen molar-refractivity contribution in [3.63, 3.8) is 0 Å². The van der Waals surface area contributed by atoms with Crippen molar-refractivity contribution in [3.8, 4) is 0 Å². The van der Waals surface area contributed by atoms with Crippen molar-refractivity contribution >= 4 is 35.9 Å². The number of hydrogen-bond donors (Lipinski definition) is 1. The van der Waals surface area contributed by atoms with Crippen LogP contribution in [0.3, 0.4) is 0 Å². The van der Waals surface area contributed by atoms with E-state index in [1.165, 1.54) is 0 Å². The molecule has 0 aromatic heterocycles. The van der Waals surface area contributed by atoms with E-state index in [2.05, 4.69) is 27.2 Å². The Kier molecular flexibility index (Phi) is 13.3. The van der Waals surface area contributed by atoms with Crippen LogP contribution in [-0.4, -0.2) is 88.9 Å². The molecule has 0 saturated carbocycles. The lowest BCUT2D eigenvalue weighted by atomic mass is 9.97. The summed E-state index contributed by atoms with van der Waals surface area (Å²) in [5, 5.41) is 3.39. The van der Waals surface area contributed by atoms with Gasteiger partial charge in [0, 0.05) is 46.9 Å². The van der Waals surface area contributed by atoms with Gasteiger partial charge in [0.1, 0.15) is 0 Å². The van der Waals surface area contributed by atoms with Gasteiger partial charge >= 0.3 is 5.97 Å². The van der Waals surface area contributed by atoms with E-state index in [0.717, 1.165) is 58.1 Å². The summed E-state index contributed by atoms with van der Waals surface area (Å²) < 4.78 is 10.2. The maximum Gasteiger partial charge on any atom is 0.309 e. The number of piperidine rings is 1. The topological polar surface area (TPSA) is 66.4 Å². The Balaban J connectivity index is 0.00000529. The lowest BCUT2D eigenvalue weighted by Gasteiger charge is -2.33. The molecule has 0 aliphatic carbocycles. The predicted molar refractivity (Wildman–Crippen MR) is 107 cm³/mol. The second kappa shape index (κ2) is 13.7. The number of carbonyl (C=O) groups is 1. The molecular formula is C16H33IN4O3. The van der Waals surface area contributed by atoms with Crippen molar-refractivity contribution in [1.29, 1.82) is 0 Å². The number of nitrogens with zero attached hydrogens (tertiary/aromatic N) is 3. The van der Waals surface area contributed by atoms with E-state index >= 15 is 0 Å². The van der Waals surface area contributed by atoms with Gasteiger partial charge in [-0.15, -0.1) is 24.0 Å². The van der Waals surface area contributed by atoms with Crippen molar-refractivity contribution in [2.45, 2.75) is 19.8 Å². The Hall–Kier alpha value is -0.610. The number of guanidine groups is 1. The summed E-state index contributed by atoms with van der Waals surface area (Å²) >= 11 is 0. The minimum absolute atomic E-state index is 0. The van der Waals surface area contributed by atoms with Crippen molar-refractivity contribution < 1.29 is 14.3 Å². The lowest BCUT2D eigenvalue weighted by Crippen LogP contribution is -2.48. The molecule has 1 saturated heterocycles. The van der Waals surface area contributed by atoms with Crippen molar-refractivity contribution in [2.75, 3.05) is 67.1 Å². The molecule has 1 N–H and O–H groups in total. The molecular weight excluding hydrogens is 423 g/mol. The first-order chi connectivity index (χ1) is 11.1. The molecule has 8 heteroatoms. The highest BCUT2D eigenvalue weighted by molar-refractivity contribution is 14.0. The number of likely N-dealkylation sites (N-methyl/N-ethyl adjacent to an activating group) is 1. The first-order valence-electron chi connectivity index (χ1n) is 8.42. The molecule has 1 heterocycles. The van der Waals surface area contributed by atoms with Gasteiger partial charge in [-0.1, -0.05) is 0 Å². The molecule has 0 amide bonds. The highest BCUT2D eigenvalue weighted by Crippen LogP contribution is 2.18. The zero-order chi connectivity index (χ0) is 17.1. The highest BCUT2D eigenvalue weighted by Gasteiger charge is 2.27. The second-order valence-corrected chi connectivity index (χ2v) is 5.78. The third kappa shape index (κ3) is 8.48. The molecule has 0 bridgehead atoms. The Labute approximate surface area is 163 Å². The maximum absolute atomic E-state index is 11.8. The summed E-state index contributed by atoms with van der Waals surface area (Å²) in [7, 11) is 5.59. The highest BCUT2D eigenvalue weighted by atomic mass is 127. The molecule has 7 nitrogen and oxygen atoms in total. The average molecular weight is 456 g/mol. The first kappa shape index (κ1) is 23.4.